The Labute approximate surface area is 164 Å². The van der Waals surface area contributed by atoms with Crippen molar-refractivity contribution in [2.75, 3.05) is 10.6 Å². The lowest BCUT2D eigenvalue weighted by molar-refractivity contribution is 0.0997. The zero-order valence-electron chi connectivity index (χ0n) is 15.1. The van der Waals surface area contributed by atoms with Crippen molar-refractivity contribution in [3.8, 4) is 11.1 Å². The number of pyridine rings is 1. The third kappa shape index (κ3) is 3.77. The van der Waals surface area contributed by atoms with Gasteiger partial charge >= 0.3 is 6.03 Å². The summed E-state index contributed by atoms with van der Waals surface area (Å²) >= 11 is 0. The molecule has 4 rings (SSSR count). The molecule has 7 nitrogen and oxygen atoms in total. The summed E-state index contributed by atoms with van der Waals surface area (Å²) in [4.78, 5) is 31.3. The number of amides is 3. The summed E-state index contributed by atoms with van der Waals surface area (Å²) in [5.74, 6) is -1.03. The maximum atomic E-state index is 13.2. The number of nitrogens with zero attached hydrogens (tertiary/aromatic N) is 1. The number of primary amides is 1. The lowest BCUT2D eigenvalue weighted by atomic mass is 10.0. The second-order valence-electron chi connectivity index (χ2n) is 6.31. The van der Waals surface area contributed by atoms with Gasteiger partial charge in [-0.2, -0.15) is 0 Å². The quantitative estimate of drug-likeness (QED) is 0.421. The van der Waals surface area contributed by atoms with Crippen LogP contribution in [0.1, 0.15) is 10.5 Å². The number of halogens is 1. The number of urea groups is 1. The van der Waals surface area contributed by atoms with Gasteiger partial charge in [0.1, 0.15) is 11.5 Å². The van der Waals surface area contributed by atoms with Gasteiger partial charge in [0.15, 0.2) is 0 Å². The molecule has 2 heterocycles. The molecule has 0 saturated carbocycles. The molecule has 0 aliphatic heterocycles. The van der Waals surface area contributed by atoms with Gasteiger partial charge in [-0.25, -0.2) is 9.18 Å². The molecule has 5 N–H and O–H groups in total. The normalized spacial score (nSPS) is 10.7. The molecule has 0 bridgehead atoms. The van der Waals surface area contributed by atoms with E-state index < -0.39 is 17.8 Å². The van der Waals surface area contributed by atoms with Crippen LogP contribution in [-0.2, 0) is 0 Å². The zero-order valence-corrected chi connectivity index (χ0v) is 15.1. The second kappa shape index (κ2) is 7.43. The Morgan fingerprint density at radius 1 is 0.966 bits per heavy atom. The van der Waals surface area contributed by atoms with Crippen molar-refractivity contribution in [3.05, 3.63) is 78.4 Å². The number of H-pyrrole nitrogens is 1. The number of anilines is 2. The summed E-state index contributed by atoms with van der Waals surface area (Å²) in [7, 11) is 0. The Hall–Kier alpha value is -4.20. The van der Waals surface area contributed by atoms with Crippen LogP contribution in [0.3, 0.4) is 0 Å². The number of fused-ring (bicyclic) bond motifs is 1. The van der Waals surface area contributed by atoms with E-state index in [1.165, 1.54) is 18.2 Å². The smallest absolute Gasteiger partial charge is 0.323 e. The minimum Gasteiger partial charge on any atom is -0.364 e. The lowest BCUT2D eigenvalue weighted by Crippen LogP contribution is -2.19. The van der Waals surface area contributed by atoms with E-state index in [4.69, 9.17) is 5.73 Å². The number of aromatic amines is 1. The van der Waals surface area contributed by atoms with E-state index in [0.29, 0.717) is 28.0 Å². The van der Waals surface area contributed by atoms with Crippen molar-refractivity contribution < 1.29 is 14.0 Å². The molecule has 2 aromatic heterocycles. The molecular weight excluding hydrogens is 373 g/mol. The first-order valence-electron chi connectivity index (χ1n) is 8.72. The van der Waals surface area contributed by atoms with Gasteiger partial charge in [-0.15, -0.1) is 0 Å². The highest BCUT2D eigenvalue weighted by Crippen LogP contribution is 2.31. The van der Waals surface area contributed by atoms with Gasteiger partial charge in [0.05, 0.1) is 11.0 Å². The molecule has 8 heteroatoms. The fourth-order valence-electron chi connectivity index (χ4n) is 3.07. The van der Waals surface area contributed by atoms with Crippen LogP contribution in [0.4, 0.5) is 20.6 Å². The summed E-state index contributed by atoms with van der Waals surface area (Å²) in [6.45, 7) is 0. The van der Waals surface area contributed by atoms with E-state index in [9.17, 15) is 14.0 Å². The summed E-state index contributed by atoms with van der Waals surface area (Å²) in [5, 5.41) is 5.22. The van der Waals surface area contributed by atoms with Crippen molar-refractivity contribution in [1.82, 2.24) is 9.97 Å². The van der Waals surface area contributed by atoms with Crippen molar-refractivity contribution in [2.24, 2.45) is 5.73 Å². The van der Waals surface area contributed by atoms with Crippen LogP contribution in [0.5, 0.6) is 0 Å². The lowest BCUT2D eigenvalue weighted by Gasteiger charge is -2.09. The van der Waals surface area contributed by atoms with Crippen LogP contribution in [0, 0.1) is 5.82 Å². The van der Waals surface area contributed by atoms with Crippen molar-refractivity contribution >= 4 is 34.3 Å². The molecule has 0 fully saturated rings. The van der Waals surface area contributed by atoms with Crippen LogP contribution in [0.2, 0.25) is 0 Å². The third-order valence-corrected chi connectivity index (χ3v) is 4.31. The number of nitrogens with one attached hydrogen (secondary N) is 3. The van der Waals surface area contributed by atoms with Crippen LogP contribution in [0.15, 0.2) is 66.9 Å². The fraction of sp³-hybridized carbons (Fsp3) is 0. The van der Waals surface area contributed by atoms with Crippen molar-refractivity contribution in [3.63, 3.8) is 0 Å². The van der Waals surface area contributed by atoms with Gasteiger partial charge in [0.2, 0.25) is 0 Å². The van der Waals surface area contributed by atoms with Crippen molar-refractivity contribution in [1.29, 1.82) is 0 Å². The molecule has 0 aliphatic carbocycles. The van der Waals surface area contributed by atoms with Crippen LogP contribution < -0.4 is 16.4 Å². The van der Waals surface area contributed by atoms with E-state index in [-0.39, 0.29) is 5.69 Å². The molecule has 0 atom stereocenters. The largest absolute Gasteiger partial charge is 0.364 e. The van der Waals surface area contributed by atoms with Gasteiger partial charge < -0.3 is 21.4 Å². The number of rotatable bonds is 4. The van der Waals surface area contributed by atoms with Gasteiger partial charge in [-0.1, -0.05) is 18.2 Å². The molecule has 4 aromatic rings. The van der Waals surface area contributed by atoms with Gasteiger partial charge in [-0.05, 0) is 48.0 Å². The highest BCUT2D eigenvalue weighted by molar-refractivity contribution is 6.08. The number of benzene rings is 2. The molecule has 29 heavy (non-hydrogen) atoms. The third-order valence-electron chi connectivity index (χ3n) is 4.31. The predicted molar refractivity (Wildman–Crippen MR) is 109 cm³/mol. The van der Waals surface area contributed by atoms with Crippen LogP contribution >= 0.6 is 0 Å². The summed E-state index contributed by atoms with van der Waals surface area (Å²) in [5.41, 5.74) is 9.29. The Balaban J connectivity index is 1.57. The Morgan fingerprint density at radius 3 is 2.45 bits per heavy atom. The highest BCUT2D eigenvalue weighted by atomic mass is 19.1. The minimum atomic E-state index is -0.588. The number of nitrogens with two attached hydrogens (primary N) is 1. The average Bonchev–Trinajstić information content (AvgIpc) is 3.08. The van der Waals surface area contributed by atoms with E-state index in [1.54, 1.807) is 42.6 Å². The first kappa shape index (κ1) is 18.2. The molecule has 0 aliphatic rings. The number of carbonyl (C=O) groups excluding carboxylic acids is 2. The summed E-state index contributed by atoms with van der Waals surface area (Å²) in [6.07, 6.45) is 1.64. The van der Waals surface area contributed by atoms with E-state index in [2.05, 4.69) is 20.6 Å². The van der Waals surface area contributed by atoms with E-state index in [0.717, 1.165) is 5.56 Å². The van der Waals surface area contributed by atoms with Crippen LogP contribution in [0.25, 0.3) is 22.2 Å². The summed E-state index contributed by atoms with van der Waals surface area (Å²) < 4.78 is 13.2. The maximum Gasteiger partial charge on any atom is 0.323 e. The number of aromatic nitrogens is 2. The topological polar surface area (TPSA) is 113 Å². The summed E-state index contributed by atoms with van der Waals surface area (Å²) in [6, 6.07) is 15.5. The Morgan fingerprint density at radius 2 is 1.72 bits per heavy atom. The van der Waals surface area contributed by atoms with Crippen molar-refractivity contribution in [2.45, 2.75) is 0 Å². The standard InChI is InChI=1S/C21H16FN5O2/c22-13-3-1-4-15(11-13)26-21(29)25-14-8-6-12(7-9-14)17-18-16(5-2-10-24-18)27-19(17)20(23)28/h1-11,27H,(H2,23,28)(H2,25,26,29). The Bertz CT molecular complexity index is 1220. The first-order valence-corrected chi connectivity index (χ1v) is 8.72. The highest BCUT2D eigenvalue weighted by Gasteiger charge is 2.18. The van der Waals surface area contributed by atoms with Crippen LogP contribution in [-0.4, -0.2) is 21.9 Å². The Kier molecular flexibility index (Phi) is 4.66. The molecule has 0 saturated heterocycles. The molecule has 144 valence electrons. The fourth-order valence-corrected chi connectivity index (χ4v) is 3.07. The average molecular weight is 389 g/mol. The molecular formula is C21H16FN5O2. The second-order valence-corrected chi connectivity index (χ2v) is 6.31. The predicted octanol–water partition coefficient (Wildman–Crippen LogP) is 4.11. The SMILES string of the molecule is NC(=O)c1[nH]c2cccnc2c1-c1ccc(NC(=O)Nc2cccc(F)c2)cc1. The molecule has 0 spiro atoms. The zero-order chi connectivity index (χ0) is 20.4. The molecule has 2 aromatic carbocycles. The van der Waals surface area contributed by atoms with Gasteiger partial charge in [0.25, 0.3) is 5.91 Å². The molecule has 3 amide bonds. The maximum absolute atomic E-state index is 13.2. The van der Waals surface area contributed by atoms with E-state index >= 15 is 0 Å². The molecule has 0 unspecified atom stereocenters. The van der Waals surface area contributed by atoms with Gasteiger partial charge in [0, 0.05) is 23.1 Å². The number of hydrogen-bond donors (Lipinski definition) is 4. The van der Waals surface area contributed by atoms with Gasteiger partial charge in [-0.3, -0.25) is 9.78 Å². The minimum absolute atomic E-state index is 0.267. The number of carbonyl (C=O) groups is 2. The number of hydrogen-bond acceptors (Lipinski definition) is 3. The molecule has 0 radical (unpaired) electrons. The van der Waals surface area contributed by atoms with E-state index in [1.807, 2.05) is 6.07 Å². The monoisotopic (exact) mass is 389 g/mol. The first-order chi connectivity index (χ1) is 14.0.